The Balaban J connectivity index is 1.17. The van der Waals surface area contributed by atoms with Gasteiger partial charge in [-0.3, -0.25) is 0 Å². The Labute approximate surface area is 513 Å². The molecular formula is C81H98BN3. The maximum Gasteiger partial charge on any atom is 0.252 e. The molecule has 0 aromatic heterocycles. The minimum absolute atomic E-state index is 0.00725. The van der Waals surface area contributed by atoms with E-state index >= 15 is 0 Å². The van der Waals surface area contributed by atoms with Crippen molar-refractivity contribution in [3.05, 3.63) is 176 Å². The molecule has 4 heteroatoms. The minimum Gasteiger partial charge on any atom is -0.311 e. The average Bonchev–Trinajstić information content (AvgIpc) is 1.53. The molecule has 7 aromatic rings. The number of aryl methyl sites for hydroxylation is 2. The Morgan fingerprint density at radius 2 is 0.718 bits per heavy atom. The molecule has 0 saturated heterocycles. The van der Waals surface area contributed by atoms with E-state index in [1.54, 1.807) is 0 Å². The minimum atomic E-state index is -0.0220. The summed E-state index contributed by atoms with van der Waals surface area (Å²) in [7, 11) is 0. The van der Waals surface area contributed by atoms with Crippen molar-refractivity contribution in [3.63, 3.8) is 0 Å². The van der Waals surface area contributed by atoms with Gasteiger partial charge >= 0.3 is 0 Å². The molecule has 0 fully saturated rings. The molecule has 2 heterocycles. The highest BCUT2D eigenvalue weighted by atomic mass is 15.2. The normalized spacial score (nSPS) is 22.1. The number of anilines is 9. The van der Waals surface area contributed by atoms with Gasteiger partial charge in [-0.1, -0.05) is 173 Å². The third kappa shape index (κ3) is 8.59. The molecule has 0 unspecified atom stereocenters. The van der Waals surface area contributed by atoms with Gasteiger partial charge in [0.25, 0.3) is 6.71 Å². The van der Waals surface area contributed by atoms with Gasteiger partial charge in [0, 0.05) is 45.5 Å². The Morgan fingerprint density at radius 1 is 0.341 bits per heavy atom. The number of hydrogen-bond donors (Lipinski definition) is 0. The van der Waals surface area contributed by atoms with Crippen molar-refractivity contribution < 1.29 is 0 Å². The molecule has 0 amide bonds. The first-order valence-electron chi connectivity index (χ1n) is 33.2. The summed E-state index contributed by atoms with van der Waals surface area (Å²) in [6, 6.07) is 48.3. The summed E-state index contributed by atoms with van der Waals surface area (Å²) in [5, 5.41) is 0. The van der Waals surface area contributed by atoms with Gasteiger partial charge in [0.05, 0.1) is 5.69 Å². The topological polar surface area (TPSA) is 9.72 Å². The second kappa shape index (κ2) is 18.3. The number of nitrogens with zero attached hydrogens (tertiary/aromatic N) is 3. The molecule has 0 atom stereocenters. The van der Waals surface area contributed by atoms with Crippen molar-refractivity contribution >= 4 is 74.3 Å². The maximum atomic E-state index is 2.79. The molecule has 0 spiro atoms. The Kier molecular flexibility index (Phi) is 12.2. The van der Waals surface area contributed by atoms with Crippen LogP contribution in [0.2, 0.25) is 0 Å². The van der Waals surface area contributed by atoms with E-state index in [0.29, 0.717) is 0 Å². The highest BCUT2D eigenvalue weighted by Gasteiger charge is 2.50. The summed E-state index contributed by atoms with van der Waals surface area (Å²) in [5.41, 5.74) is 32.5. The Morgan fingerprint density at radius 3 is 1.14 bits per heavy atom. The van der Waals surface area contributed by atoms with Crippen molar-refractivity contribution in [1.29, 1.82) is 0 Å². The third-order valence-electron chi connectivity index (χ3n) is 24.1. The zero-order valence-corrected chi connectivity index (χ0v) is 55.7. The fraction of sp³-hybridized carbons (Fsp3) is 0.481. The summed E-state index contributed by atoms with van der Waals surface area (Å²) in [4.78, 5) is 8.24. The van der Waals surface area contributed by atoms with Crippen LogP contribution in [0.4, 0.5) is 51.2 Å². The lowest BCUT2D eigenvalue weighted by Gasteiger charge is -2.49. The summed E-state index contributed by atoms with van der Waals surface area (Å²) in [5.74, 6) is 0. The molecule has 5 aliphatic carbocycles. The van der Waals surface area contributed by atoms with Crippen LogP contribution >= 0.6 is 0 Å². The fourth-order valence-corrected chi connectivity index (χ4v) is 17.9. The quantitative estimate of drug-likeness (QED) is 0.159. The monoisotopic (exact) mass is 1120 g/mol. The molecule has 0 saturated carbocycles. The number of fused-ring (bicyclic) bond motifs is 9. The van der Waals surface area contributed by atoms with Gasteiger partial charge < -0.3 is 14.7 Å². The molecule has 14 rings (SSSR count). The molecule has 7 aliphatic rings. The van der Waals surface area contributed by atoms with Gasteiger partial charge in [-0.2, -0.15) is 0 Å². The van der Waals surface area contributed by atoms with Gasteiger partial charge in [0.2, 0.25) is 0 Å². The second-order valence-electron chi connectivity index (χ2n) is 34.1. The molecule has 0 bridgehead atoms. The van der Waals surface area contributed by atoms with Crippen LogP contribution in [0.25, 0.3) is 0 Å². The zero-order valence-electron chi connectivity index (χ0n) is 55.7. The van der Waals surface area contributed by atoms with Crippen LogP contribution in [0.15, 0.2) is 115 Å². The molecular weight excluding hydrogens is 1030 g/mol. The molecule has 7 aromatic carbocycles. The summed E-state index contributed by atoms with van der Waals surface area (Å²) in [6.07, 6.45) is 12.9. The lowest BCUT2D eigenvalue weighted by molar-refractivity contribution is 0.332. The van der Waals surface area contributed by atoms with Gasteiger partial charge in [0.15, 0.2) is 0 Å². The molecule has 85 heavy (non-hydrogen) atoms. The average molecular weight is 1120 g/mol. The number of para-hydroxylation sites is 1. The predicted octanol–water partition coefficient (Wildman–Crippen LogP) is 20.6. The van der Waals surface area contributed by atoms with E-state index in [-0.39, 0.29) is 55.4 Å². The summed E-state index contributed by atoms with van der Waals surface area (Å²) in [6.45, 7) is 47.5. The first-order valence-corrected chi connectivity index (χ1v) is 33.2. The summed E-state index contributed by atoms with van der Waals surface area (Å²) >= 11 is 0. The summed E-state index contributed by atoms with van der Waals surface area (Å²) < 4.78 is 0. The molecule has 440 valence electrons. The first kappa shape index (κ1) is 56.8. The Bertz CT molecular complexity index is 3760. The lowest BCUT2D eigenvalue weighted by atomic mass is 9.32. The van der Waals surface area contributed by atoms with E-state index < -0.39 is 0 Å². The van der Waals surface area contributed by atoms with Crippen LogP contribution in [-0.2, 0) is 55.2 Å². The Hall–Kier alpha value is -6.00. The SMILES string of the molecule is Cc1cc2c(cc1N(c1ccccc1)c1cc3c4c(c1)N(c1ccc5c(c1)C(C)(C)CCC5(C)C)c1cc5c(cc1B4c1cc4c(cc1N3c1ccc3c(c1)C(C)(C)CCC3(C)C)C(C)(C)CCC4(C)C)C(C)(C)CCC5(C)C)C(C)(C)CCC2. The second-order valence-corrected chi connectivity index (χ2v) is 34.1. The third-order valence-corrected chi connectivity index (χ3v) is 24.1. The van der Waals surface area contributed by atoms with Gasteiger partial charge in [-0.05, 0) is 271 Å². The lowest BCUT2D eigenvalue weighted by Crippen LogP contribution is -2.62. The predicted molar refractivity (Wildman–Crippen MR) is 367 cm³/mol. The van der Waals surface area contributed by atoms with E-state index in [9.17, 15) is 0 Å². The fourth-order valence-electron chi connectivity index (χ4n) is 17.9. The number of benzene rings is 7. The van der Waals surface area contributed by atoms with Crippen LogP contribution in [0, 0.1) is 6.92 Å². The van der Waals surface area contributed by atoms with Crippen LogP contribution < -0.4 is 31.1 Å². The van der Waals surface area contributed by atoms with Crippen LogP contribution in [0.3, 0.4) is 0 Å². The highest BCUT2D eigenvalue weighted by molar-refractivity contribution is 7.00. The number of hydrogen-bond acceptors (Lipinski definition) is 3. The van der Waals surface area contributed by atoms with Gasteiger partial charge in [-0.25, -0.2) is 0 Å². The molecule has 2 aliphatic heterocycles. The highest BCUT2D eigenvalue weighted by Crippen LogP contribution is 2.57. The van der Waals surface area contributed by atoms with Crippen molar-refractivity contribution in [2.45, 2.75) is 251 Å². The van der Waals surface area contributed by atoms with Crippen molar-refractivity contribution in [1.82, 2.24) is 0 Å². The van der Waals surface area contributed by atoms with Gasteiger partial charge in [-0.15, -0.1) is 0 Å². The van der Waals surface area contributed by atoms with Crippen molar-refractivity contribution in [3.8, 4) is 0 Å². The van der Waals surface area contributed by atoms with E-state index in [2.05, 4.69) is 262 Å². The number of rotatable bonds is 5. The maximum absolute atomic E-state index is 2.79. The standard InChI is InChI=1S/C81H98BN3/c1-50-40-51-24-23-31-73(2,3)58(51)47-67(50)83(52-25-21-20-22-26-52)55-43-70-72-71(44-55)85(54-28-30-57-60(42-54)77(10,11)35-33-75(57,6)7)69-49-64-62(79(14,15)37-39-81(64,18)19)46-66(69)82(72)65-45-61-63(80(16,17)38-36-78(61,12)13)48-68(65)84(70)53-27-29-56-59(41-53)76(8,9)34-32-74(56,4)5/h20-22,25-30,40-49H,23-24,31-39H2,1-19H3. The van der Waals surface area contributed by atoms with E-state index in [0.717, 1.165) is 32.1 Å². The van der Waals surface area contributed by atoms with Crippen molar-refractivity contribution in [2.24, 2.45) is 0 Å². The van der Waals surface area contributed by atoms with E-state index in [4.69, 9.17) is 0 Å². The smallest absolute Gasteiger partial charge is 0.252 e. The molecule has 0 N–H and O–H groups in total. The van der Waals surface area contributed by atoms with E-state index in [1.165, 1.54) is 167 Å². The van der Waals surface area contributed by atoms with E-state index in [1.807, 2.05) is 0 Å². The van der Waals surface area contributed by atoms with Crippen LogP contribution in [0.1, 0.15) is 250 Å². The first-order chi connectivity index (χ1) is 39.7. The van der Waals surface area contributed by atoms with Crippen LogP contribution in [0.5, 0.6) is 0 Å². The van der Waals surface area contributed by atoms with Crippen LogP contribution in [-0.4, -0.2) is 6.71 Å². The zero-order chi connectivity index (χ0) is 60.3. The van der Waals surface area contributed by atoms with Gasteiger partial charge in [0.1, 0.15) is 0 Å². The van der Waals surface area contributed by atoms with Crippen molar-refractivity contribution in [2.75, 3.05) is 14.7 Å². The largest absolute Gasteiger partial charge is 0.311 e. The molecule has 0 radical (unpaired) electrons. The molecule has 3 nitrogen and oxygen atoms in total.